The summed E-state index contributed by atoms with van der Waals surface area (Å²) in [4.78, 5) is 11.2. The second kappa shape index (κ2) is 5.09. The number of Topliss-reactive ketones (excluding diaryl/α,β-unsaturated/α-hetero) is 1. The van der Waals surface area contributed by atoms with Gasteiger partial charge in [-0.05, 0) is 19.8 Å². The van der Waals surface area contributed by atoms with Crippen molar-refractivity contribution in [1.82, 2.24) is 0 Å². The highest BCUT2D eigenvalue weighted by molar-refractivity contribution is 9.10. The zero-order valence-corrected chi connectivity index (χ0v) is 9.74. The third-order valence-electron chi connectivity index (χ3n) is 1.52. The fourth-order valence-electron chi connectivity index (χ4n) is 0.652. The minimum atomic E-state index is -0.384. The number of rotatable bonds is 5. The largest absolute Gasteiger partial charge is 0.297 e. The fourth-order valence-corrected chi connectivity index (χ4v) is 2.02. The molecule has 0 bridgehead atoms. The molecule has 0 spiro atoms. The standard InChI is InChI=1S/C8H12Br2O/c1-3-4-5-8(2,10)7(11)6-9/h3H,1,4-6H2,2H3. The SMILES string of the molecule is C=CCCC(C)(Br)C(=O)CBr. The van der Waals surface area contributed by atoms with E-state index in [9.17, 15) is 4.79 Å². The molecular weight excluding hydrogens is 272 g/mol. The monoisotopic (exact) mass is 282 g/mol. The first-order chi connectivity index (χ1) is 5.04. The van der Waals surface area contributed by atoms with Gasteiger partial charge < -0.3 is 0 Å². The van der Waals surface area contributed by atoms with Crippen molar-refractivity contribution >= 4 is 37.6 Å². The lowest BCUT2D eigenvalue weighted by Gasteiger charge is -2.18. The molecule has 1 nitrogen and oxygen atoms in total. The Balaban J connectivity index is 3.97. The van der Waals surface area contributed by atoms with Crippen LogP contribution in [-0.4, -0.2) is 15.4 Å². The van der Waals surface area contributed by atoms with E-state index in [1.165, 1.54) is 0 Å². The maximum Gasteiger partial charge on any atom is 0.159 e. The quantitative estimate of drug-likeness (QED) is 0.560. The Morgan fingerprint density at radius 2 is 2.27 bits per heavy atom. The minimum Gasteiger partial charge on any atom is -0.297 e. The molecule has 0 fully saturated rings. The first-order valence-corrected chi connectivity index (χ1v) is 5.35. The Hall–Kier alpha value is 0.370. The van der Waals surface area contributed by atoms with E-state index in [-0.39, 0.29) is 10.1 Å². The van der Waals surface area contributed by atoms with E-state index in [4.69, 9.17) is 0 Å². The van der Waals surface area contributed by atoms with Crippen molar-refractivity contribution in [3.05, 3.63) is 12.7 Å². The van der Waals surface area contributed by atoms with Gasteiger partial charge in [-0.1, -0.05) is 37.9 Å². The Labute approximate surface area is 84.5 Å². The van der Waals surface area contributed by atoms with Gasteiger partial charge in [0.25, 0.3) is 0 Å². The molecule has 0 aromatic heterocycles. The Morgan fingerprint density at radius 3 is 2.64 bits per heavy atom. The Kier molecular flexibility index (Phi) is 5.26. The molecule has 0 rings (SSSR count). The Bertz CT molecular complexity index is 152. The number of allylic oxidation sites excluding steroid dienone is 1. The predicted molar refractivity (Wildman–Crippen MR) is 55.6 cm³/mol. The number of hydrogen-bond acceptors (Lipinski definition) is 1. The second-order valence-corrected chi connectivity index (χ2v) is 4.89. The average Bonchev–Trinajstić information content (AvgIpc) is 1.99. The molecule has 0 aromatic carbocycles. The summed E-state index contributed by atoms with van der Waals surface area (Å²) in [5, 5.41) is 0.409. The molecule has 1 atom stereocenters. The van der Waals surface area contributed by atoms with Crippen LogP contribution in [0.25, 0.3) is 0 Å². The summed E-state index contributed by atoms with van der Waals surface area (Å²) < 4.78 is -0.384. The zero-order chi connectivity index (χ0) is 8.91. The summed E-state index contributed by atoms with van der Waals surface area (Å²) in [6.45, 7) is 5.49. The van der Waals surface area contributed by atoms with Crippen molar-refractivity contribution in [3.8, 4) is 0 Å². The first-order valence-electron chi connectivity index (χ1n) is 3.43. The molecule has 1 unspecified atom stereocenters. The molecule has 11 heavy (non-hydrogen) atoms. The van der Waals surface area contributed by atoms with Crippen LogP contribution >= 0.6 is 31.9 Å². The molecule has 0 saturated heterocycles. The van der Waals surface area contributed by atoms with Crippen LogP contribution < -0.4 is 0 Å². The predicted octanol–water partition coefficient (Wildman–Crippen LogP) is 3.07. The van der Waals surface area contributed by atoms with E-state index in [1.807, 2.05) is 13.0 Å². The first kappa shape index (κ1) is 11.4. The van der Waals surface area contributed by atoms with E-state index in [2.05, 4.69) is 38.4 Å². The molecule has 0 amide bonds. The summed E-state index contributed by atoms with van der Waals surface area (Å²) in [7, 11) is 0. The smallest absolute Gasteiger partial charge is 0.159 e. The van der Waals surface area contributed by atoms with Crippen LogP contribution in [0.15, 0.2) is 12.7 Å². The molecule has 0 aromatic rings. The third kappa shape index (κ3) is 4.06. The van der Waals surface area contributed by atoms with E-state index < -0.39 is 0 Å². The van der Waals surface area contributed by atoms with Gasteiger partial charge in [-0.25, -0.2) is 0 Å². The highest BCUT2D eigenvalue weighted by Gasteiger charge is 2.27. The van der Waals surface area contributed by atoms with E-state index in [1.54, 1.807) is 0 Å². The van der Waals surface area contributed by atoms with Gasteiger partial charge >= 0.3 is 0 Å². The topological polar surface area (TPSA) is 17.1 Å². The van der Waals surface area contributed by atoms with Crippen molar-refractivity contribution in [2.24, 2.45) is 0 Å². The molecule has 0 saturated carbocycles. The van der Waals surface area contributed by atoms with Crippen LogP contribution in [-0.2, 0) is 4.79 Å². The molecule has 0 heterocycles. The van der Waals surface area contributed by atoms with E-state index in [0.717, 1.165) is 12.8 Å². The molecule has 0 N–H and O–H groups in total. The van der Waals surface area contributed by atoms with Gasteiger partial charge in [-0.3, -0.25) is 4.79 Å². The van der Waals surface area contributed by atoms with Crippen molar-refractivity contribution in [2.45, 2.75) is 24.1 Å². The summed E-state index contributed by atoms with van der Waals surface area (Å²) >= 11 is 6.52. The van der Waals surface area contributed by atoms with Crippen molar-refractivity contribution in [3.63, 3.8) is 0 Å². The average molecular weight is 284 g/mol. The molecule has 0 aliphatic carbocycles. The highest BCUT2D eigenvalue weighted by atomic mass is 79.9. The zero-order valence-electron chi connectivity index (χ0n) is 6.57. The second-order valence-electron chi connectivity index (χ2n) is 2.58. The van der Waals surface area contributed by atoms with E-state index in [0.29, 0.717) is 5.33 Å². The normalized spacial score (nSPS) is 15.5. The van der Waals surface area contributed by atoms with Crippen LogP contribution in [0, 0.1) is 0 Å². The van der Waals surface area contributed by atoms with Crippen LogP contribution in [0.1, 0.15) is 19.8 Å². The van der Waals surface area contributed by atoms with E-state index >= 15 is 0 Å². The van der Waals surface area contributed by atoms with Crippen LogP contribution in [0.4, 0.5) is 0 Å². The summed E-state index contributed by atoms with van der Waals surface area (Å²) in [6, 6.07) is 0. The van der Waals surface area contributed by atoms with Crippen LogP contribution in [0.5, 0.6) is 0 Å². The maximum atomic E-state index is 11.2. The maximum absolute atomic E-state index is 11.2. The molecule has 0 aliphatic rings. The van der Waals surface area contributed by atoms with Gasteiger partial charge in [0.15, 0.2) is 5.78 Å². The third-order valence-corrected chi connectivity index (χ3v) is 2.87. The van der Waals surface area contributed by atoms with Gasteiger partial charge in [0.05, 0.1) is 9.65 Å². The molecule has 64 valence electrons. The van der Waals surface area contributed by atoms with Crippen molar-refractivity contribution in [1.29, 1.82) is 0 Å². The summed E-state index contributed by atoms with van der Waals surface area (Å²) in [5.41, 5.74) is 0. The molecule has 0 aliphatic heterocycles. The number of hydrogen-bond donors (Lipinski definition) is 0. The molecule has 0 radical (unpaired) electrons. The van der Waals surface area contributed by atoms with Crippen LogP contribution in [0.2, 0.25) is 0 Å². The minimum absolute atomic E-state index is 0.180. The van der Waals surface area contributed by atoms with Crippen molar-refractivity contribution < 1.29 is 4.79 Å². The number of carbonyl (C=O) groups excluding carboxylic acids is 1. The number of ketones is 1. The van der Waals surface area contributed by atoms with Crippen LogP contribution in [0.3, 0.4) is 0 Å². The van der Waals surface area contributed by atoms with Crippen molar-refractivity contribution in [2.75, 3.05) is 5.33 Å². The lowest BCUT2D eigenvalue weighted by Crippen LogP contribution is -2.28. The van der Waals surface area contributed by atoms with Gasteiger partial charge in [-0.2, -0.15) is 0 Å². The number of alkyl halides is 2. The van der Waals surface area contributed by atoms with Gasteiger partial charge in [0.1, 0.15) is 0 Å². The highest BCUT2D eigenvalue weighted by Crippen LogP contribution is 2.25. The van der Waals surface area contributed by atoms with Gasteiger partial charge in [-0.15, -0.1) is 6.58 Å². The van der Waals surface area contributed by atoms with Gasteiger partial charge in [0, 0.05) is 0 Å². The lowest BCUT2D eigenvalue weighted by molar-refractivity contribution is -0.118. The number of halogens is 2. The summed E-state index contributed by atoms with van der Waals surface area (Å²) in [5.74, 6) is 0.180. The lowest BCUT2D eigenvalue weighted by atomic mass is 10.0. The molecular formula is C8H12Br2O. The Morgan fingerprint density at radius 1 is 1.73 bits per heavy atom. The fraction of sp³-hybridized carbons (Fsp3) is 0.625. The van der Waals surface area contributed by atoms with Gasteiger partial charge in [0.2, 0.25) is 0 Å². The summed E-state index contributed by atoms with van der Waals surface area (Å²) in [6.07, 6.45) is 3.49. The molecule has 3 heteroatoms. The number of carbonyl (C=O) groups is 1.